The fourth-order valence-electron chi connectivity index (χ4n) is 4.93. The van der Waals surface area contributed by atoms with Crippen molar-refractivity contribution in [1.82, 2.24) is 14.7 Å². The zero-order chi connectivity index (χ0) is 27.6. The normalized spacial score (nSPS) is 18.3. The molecule has 3 aromatic rings. The topological polar surface area (TPSA) is 47.4 Å². The number of alkyl halides is 3. The quantitative estimate of drug-likeness (QED) is 0.331. The van der Waals surface area contributed by atoms with Crippen molar-refractivity contribution in [3.05, 3.63) is 69.6 Å². The predicted octanol–water partition coefficient (Wildman–Crippen LogP) is 6.64. The van der Waals surface area contributed by atoms with Gasteiger partial charge in [0.25, 0.3) is 5.91 Å². The summed E-state index contributed by atoms with van der Waals surface area (Å²) in [5, 5.41) is 4.19. The van der Waals surface area contributed by atoms with E-state index in [1.54, 1.807) is 14.0 Å². The summed E-state index contributed by atoms with van der Waals surface area (Å²) in [5.74, 6) is -3.36. The van der Waals surface area contributed by atoms with E-state index in [2.05, 4.69) is 5.10 Å². The van der Waals surface area contributed by atoms with Gasteiger partial charge in [-0.25, -0.2) is 13.2 Å². The van der Waals surface area contributed by atoms with Crippen LogP contribution in [0.25, 0.3) is 11.3 Å². The van der Waals surface area contributed by atoms with Crippen LogP contribution in [0.2, 0.25) is 5.02 Å². The number of carbonyl (C=O) groups excluding carboxylic acids is 1. The van der Waals surface area contributed by atoms with Gasteiger partial charge in [-0.2, -0.15) is 18.3 Å². The average molecular weight is 558 g/mol. The summed E-state index contributed by atoms with van der Waals surface area (Å²) in [6.45, 7) is 1.13. The summed E-state index contributed by atoms with van der Waals surface area (Å²) < 4.78 is 88.8. The lowest BCUT2D eigenvalue weighted by atomic mass is 9.95. The molecule has 5 nitrogen and oxygen atoms in total. The zero-order valence-electron chi connectivity index (χ0n) is 20.3. The van der Waals surface area contributed by atoms with E-state index >= 15 is 0 Å². The van der Waals surface area contributed by atoms with Gasteiger partial charge in [-0.15, -0.1) is 0 Å². The zero-order valence-corrected chi connectivity index (χ0v) is 21.1. The van der Waals surface area contributed by atoms with Crippen LogP contribution in [-0.4, -0.2) is 39.9 Å². The highest BCUT2D eigenvalue weighted by Crippen LogP contribution is 2.57. The second kappa shape index (κ2) is 9.21. The minimum atomic E-state index is -4.47. The molecule has 2 heterocycles. The number of halogens is 7. The van der Waals surface area contributed by atoms with E-state index in [0.717, 1.165) is 18.2 Å². The van der Waals surface area contributed by atoms with E-state index < -0.39 is 47.6 Å². The smallest absolute Gasteiger partial charge is 0.397 e. The molecule has 2 aliphatic rings. The van der Waals surface area contributed by atoms with Crippen LogP contribution in [0, 0.1) is 22.9 Å². The first kappa shape index (κ1) is 26.4. The van der Waals surface area contributed by atoms with Crippen LogP contribution in [0.1, 0.15) is 47.4 Å². The van der Waals surface area contributed by atoms with Crippen molar-refractivity contribution in [1.29, 1.82) is 0 Å². The van der Waals surface area contributed by atoms with E-state index in [4.69, 9.17) is 16.3 Å². The van der Waals surface area contributed by atoms with Crippen LogP contribution in [0.15, 0.2) is 30.3 Å². The molecule has 38 heavy (non-hydrogen) atoms. The molecule has 5 rings (SSSR count). The molecule has 0 N–H and O–H groups in total. The van der Waals surface area contributed by atoms with Gasteiger partial charge in [0.15, 0.2) is 0 Å². The summed E-state index contributed by atoms with van der Waals surface area (Å²) in [7, 11) is 1.62. The van der Waals surface area contributed by atoms with Crippen molar-refractivity contribution >= 4 is 17.5 Å². The maximum atomic E-state index is 14.4. The summed E-state index contributed by atoms with van der Waals surface area (Å²) in [5.41, 5.74) is -0.228. The molecule has 1 unspecified atom stereocenters. The summed E-state index contributed by atoms with van der Waals surface area (Å²) >= 11 is 6.33. The van der Waals surface area contributed by atoms with Crippen molar-refractivity contribution in [2.75, 3.05) is 13.2 Å². The van der Waals surface area contributed by atoms with Crippen LogP contribution < -0.4 is 4.74 Å². The highest BCUT2D eigenvalue weighted by atomic mass is 35.5. The Balaban J connectivity index is 1.42. The molecule has 1 amide bonds. The highest BCUT2D eigenvalue weighted by Gasteiger charge is 2.64. The summed E-state index contributed by atoms with van der Waals surface area (Å²) in [6, 6.07) is 4.31. The Morgan fingerprint density at radius 2 is 1.74 bits per heavy atom. The summed E-state index contributed by atoms with van der Waals surface area (Å²) in [6.07, 6.45) is -4.38. The van der Waals surface area contributed by atoms with Crippen LogP contribution in [0.4, 0.5) is 26.3 Å². The van der Waals surface area contributed by atoms with Gasteiger partial charge in [0, 0.05) is 36.9 Å². The van der Waals surface area contributed by atoms with Gasteiger partial charge in [-0.1, -0.05) is 11.6 Å². The standard InChI is InChI=1S/C26H22ClF6N3O2/c1-13-22-18(23(35(2)34-22)14-7-15(28)9-16(29)8-14)3-6-36(13)24(37)19-10-17(30)11-20(21(19)27)38-12-25(4-5-25)26(31,32)33/h7-11,13H,3-6,12H2,1-2H3. The number of benzene rings is 2. The van der Waals surface area contributed by atoms with Gasteiger partial charge in [0.05, 0.1) is 28.0 Å². The van der Waals surface area contributed by atoms with Crippen LogP contribution >= 0.6 is 11.6 Å². The molecule has 0 spiro atoms. The highest BCUT2D eigenvalue weighted by molar-refractivity contribution is 6.35. The minimum absolute atomic E-state index is 0.100. The van der Waals surface area contributed by atoms with Gasteiger partial charge in [0.1, 0.15) is 35.2 Å². The maximum absolute atomic E-state index is 14.4. The first-order valence-electron chi connectivity index (χ1n) is 11.8. The number of nitrogens with zero attached hydrogens (tertiary/aromatic N) is 3. The van der Waals surface area contributed by atoms with Gasteiger partial charge in [-0.05, 0) is 44.4 Å². The molecule has 0 bridgehead atoms. The Labute approximate surface area is 218 Å². The molecule has 1 atom stereocenters. The molecule has 1 saturated carbocycles. The van der Waals surface area contributed by atoms with Gasteiger partial charge in [0.2, 0.25) is 0 Å². The monoisotopic (exact) mass is 557 g/mol. The van der Waals surface area contributed by atoms with Crippen LogP contribution in [0.3, 0.4) is 0 Å². The third-order valence-corrected chi connectivity index (χ3v) is 7.62. The number of aromatic nitrogens is 2. The van der Waals surface area contributed by atoms with Crippen molar-refractivity contribution in [3.63, 3.8) is 0 Å². The molecular weight excluding hydrogens is 536 g/mol. The van der Waals surface area contributed by atoms with E-state index in [-0.39, 0.29) is 42.1 Å². The number of aryl methyl sites for hydroxylation is 1. The second-order valence-electron chi connectivity index (χ2n) is 9.75. The third kappa shape index (κ3) is 4.50. The molecule has 2 aromatic carbocycles. The van der Waals surface area contributed by atoms with Crippen molar-refractivity contribution in [3.8, 4) is 17.0 Å². The number of amides is 1. The van der Waals surface area contributed by atoms with Gasteiger partial charge < -0.3 is 9.64 Å². The van der Waals surface area contributed by atoms with Crippen molar-refractivity contribution in [2.24, 2.45) is 12.5 Å². The number of carbonyl (C=O) groups is 1. The molecule has 1 fully saturated rings. The number of rotatable bonds is 5. The van der Waals surface area contributed by atoms with Crippen molar-refractivity contribution < 1.29 is 35.9 Å². The Bertz CT molecular complexity index is 1410. The van der Waals surface area contributed by atoms with E-state index in [1.807, 2.05) is 0 Å². The van der Waals surface area contributed by atoms with Gasteiger partial charge >= 0.3 is 6.18 Å². The Hall–Kier alpha value is -3.21. The SMILES string of the molecule is CC1c2nn(C)c(-c3cc(F)cc(F)c3)c2CCN1C(=O)c1cc(F)cc(OCC2(C(F)(F)F)CC2)c1Cl. The number of hydrogen-bond acceptors (Lipinski definition) is 3. The lowest BCUT2D eigenvalue weighted by Gasteiger charge is -2.33. The molecule has 1 aliphatic heterocycles. The Morgan fingerprint density at radius 1 is 1.11 bits per heavy atom. The molecule has 12 heteroatoms. The molecule has 0 radical (unpaired) electrons. The first-order valence-corrected chi connectivity index (χ1v) is 12.2. The second-order valence-corrected chi connectivity index (χ2v) is 10.1. The van der Waals surface area contributed by atoms with Crippen molar-refractivity contribution in [2.45, 2.75) is 38.4 Å². The van der Waals surface area contributed by atoms with Crippen LogP contribution in [-0.2, 0) is 13.5 Å². The molecular formula is C26H22ClF6N3O2. The molecule has 0 saturated heterocycles. The lowest BCUT2D eigenvalue weighted by Crippen LogP contribution is -2.39. The van der Waals surface area contributed by atoms with E-state index in [9.17, 15) is 31.1 Å². The first-order chi connectivity index (χ1) is 17.8. The summed E-state index contributed by atoms with van der Waals surface area (Å²) in [4.78, 5) is 14.9. The molecule has 202 valence electrons. The number of fused-ring (bicyclic) bond motifs is 1. The van der Waals surface area contributed by atoms with Crippen LogP contribution in [0.5, 0.6) is 5.75 Å². The molecule has 1 aromatic heterocycles. The fourth-order valence-corrected chi connectivity index (χ4v) is 5.17. The fraction of sp³-hybridized carbons (Fsp3) is 0.385. The Morgan fingerprint density at radius 3 is 2.34 bits per heavy atom. The average Bonchev–Trinajstić information content (AvgIpc) is 3.55. The van der Waals surface area contributed by atoms with E-state index in [1.165, 1.54) is 21.7 Å². The predicted molar refractivity (Wildman–Crippen MR) is 126 cm³/mol. The number of ether oxygens (including phenoxy) is 1. The third-order valence-electron chi connectivity index (χ3n) is 7.23. The lowest BCUT2D eigenvalue weighted by molar-refractivity contribution is -0.194. The largest absolute Gasteiger partial charge is 0.491 e. The maximum Gasteiger partial charge on any atom is 0.397 e. The van der Waals surface area contributed by atoms with Gasteiger partial charge in [-0.3, -0.25) is 9.48 Å². The number of hydrogen-bond donors (Lipinski definition) is 0. The minimum Gasteiger partial charge on any atom is -0.491 e. The molecule has 1 aliphatic carbocycles. The Kier molecular flexibility index (Phi) is 6.40. The van der Waals surface area contributed by atoms with E-state index in [0.29, 0.717) is 22.5 Å².